The molecule has 0 aromatic heterocycles. The van der Waals surface area contributed by atoms with E-state index in [2.05, 4.69) is 5.16 Å². The highest BCUT2D eigenvalue weighted by atomic mass is 16.6. The van der Waals surface area contributed by atoms with Crippen LogP contribution in [0.2, 0.25) is 0 Å². The lowest BCUT2D eigenvalue weighted by Crippen LogP contribution is -2.15. The topological polar surface area (TPSA) is 111 Å². The number of ether oxygens (including phenoxy) is 1. The lowest BCUT2D eigenvalue weighted by Gasteiger charge is -2.08. The van der Waals surface area contributed by atoms with E-state index in [1.165, 1.54) is 18.2 Å². The van der Waals surface area contributed by atoms with Crippen molar-refractivity contribution in [3.8, 4) is 5.75 Å². The van der Waals surface area contributed by atoms with Gasteiger partial charge in [-0.2, -0.15) is 0 Å². The maximum atomic E-state index is 10.5. The van der Waals surface area contributed by atoms with Crippen molar-refractivity contribution in [2.24, 2.45) is 10.9 Å². The van der Waals surface area contributed by atoms with Crippen molar-refractivity contribution >= 4 is 11.5 Å². The zero-order valence-electron chi connectivity index (χ0n) is 8.58. The fraction of sp³-hybridized carbons (Fsp3) is 0.222. The van der Waals surface area contributed by atoms with Crippen molar-refractivity contribution in [2.45, 2.75) is 6.92 Å². The molecule has 1 aromatic carbocycles. The van der Waals surface area contributed by atoms with Gasteiger partial charge in [0.1, 0.15) is 5.75 Å². The monoisotopic (exact) mass is 225 g/mol. The molecule has 1 rings (SSSR count). The summed E-state index contributed by atoms with van der Waals surface area (Å²) in [6.45, 7) is 2.06. The highest BCUT2D eigenvalue weighted by Crippen LogP contribution is 2.24. The number of hydrogen-bond acceptors (Lipinski definition) is 5. The van der Waals surface area contributed by atoms with E-state index in [1.807, 2.05) is 0 Å². The summed E-state index contributed by atoms with van der Waals surface area (Å²) < 4.78 is 5.17. The van der Waals surface area contributed by atoms with E-state index >= 15 is 0 Å². The lowest BCUT2D eigenvalue weighted by atomic mass is 10.1. The minimum atomic E-state index is -0.543. The van der Waals surface area contributed by atoms with Crippen LogP contribution in [0.1, 0.15) is 12.5 Å². The number of hydrogen-bond donors (Lipinski definition) is 2. The Bertz CT molecular complexity index is 431. The quantitative estimate of drug-likeness (QED) is 0.262. The standard InChI is InChI=1S/C9H11N3O4/c1-2-16-8-5-6(12(14)15)3-4-7(8)9(10)11-13/h3-5,13H,2H2,1H3,(H2,10,11). The van der Waals surface area contributed by atoms with Gasteiger partial charge < -0.3 is 15.7 Å². The Morgan fingerprint density at radius 1 is 1.69 bits per heavy atom. The first-order valence-corrected chi connectivity index (χ1v) is 4.49. The molecule has 0 aliphatic carbocycles. The smallest absolute Gasteiger partial charge is 0.273 e. The fourth-order valence-electron chi connectivity index (χ4n) is 1.16. The van der Waals surface area contributed by atoms with Crippen molar-refractivity contribution in [3.63, 3.8) is 0 Å². The third kappa shape index (κ3) is 2.38. The minimum Gasteiger partial charge on any atom is -0.493 e. The van der Waals surface area contributed by atoms with E-state index in [0.717, 1.165) is 0 Å². The first kappa shape index (κ1) is 11.8. The second-order valence-electron chi connectivity index (χ2n) is 2.86. The molecule has 0 atom stereocenters. The summed E-state index contributed by atoms with van der Waals surface area (Å²) in [5.41, 5.74) is 5.60. The average Bonchev–Trinajstić information content (AvgIpc) is 2.28. The van der Waals surface area contributed by atoms with Crippen LogP contribution < -0.4 is 10.5 Å². The molecular weight excluding hydrogens is 214 g/mol. The molecule has 0 bridgehead atoms. The largest absolute Gasteiger partial charge is 0.493 e. The number of non-ortho nitro benzene ring substituents is 1. The molecule has 16 heavy (non-hydrogen) atoms. The minimum absolute atomic E-state index is 0.113. The number of rotatable bonds is 4. The third-order valence-corrected chi connectivity index (χ3v) is 1.86. The second kappa shape index (κ2) is 4.96. The molecule has 7 heteroatoms. The predicted octanol–water partition coefficient (Wildman–Crippen LogP) is 1.09. The van der Waals surface area contributed by atoms with Crippen molar-refractivity contribution in [2.75, 3.05) is 6.61 Å². The van der Waals surface area contributed by atoms with Gasteiger partial charge >= 0.3 is 0 Å². The van der Waals surface area contributed by atoms with Crippen molar-refractivity contribution < 1.29 is 14.9 Å². The molecule has 0 amide bonds. The van der Waals surface area contributed by atoms with Crippen LogP contribution in [0.3, 0.4) is 0 Å². The number of amidine groups is 1. The van der Waals surface area contributed by atoms with Gasteiger partial charge in [0.2, 0.25) is 0 Å². The van der Waals surface area contributed by atoms with Gasteiger partial charge in [-0.25, -0.2) is 0 Å². The van der Waals surface area contributed by atoms with Crippen molar-refractivity contribution in [1.82, 2.24) is 0 Å². The Morgan fingerprint density at radius 2 is 2.38 bits per heavy atom. The summed E-state index contributed by atoms with van der Waals surface area (Å²) in [6.07, 6.45) is 0. The van der Waals surface area contributed by atoms with Gasteiger partial charge in [-0.15, -0.1) is 0 Å². The van der Waals surface area contributed by atoms with Gasteiger partial charge in [0.15, 0.2) is 5.84 Å². The van der Waals surface area contributed by atoms with Gasteiger partial charge in [-0.1, -0.05) is 5.16 Å². The number of nitro benzene ring substituents is 1. The highest BCUT2D eigenvalue weighted by Gasteiger charge is 2.14. The van der Waals surface area contributed by atoms with E-state index in [4.69, 9.17) is 15.7 Å². The molecule has 0 heterocycles. The number of benzene rings is 1. The normalized spacial score (nSPS) is 11.2. The Hall–Kier alpha value is -2.31. The molecule has 0 saturated carbocycles. The molecule has 0 aliphatic rings. The molecule has 0 saturated heterocycles. The summed E-state index contributed by atoms with van der Waals surface area (Å²) in [5.74, 6) is 0.0605. The molecule has 0 fully saturated rings. The Morgan fingerprint density at radius 3 is 2.88 bits per heavy atom. The van der Waals surface area contributed by atoms with E-state index in [-0.39, 0.29) is 17.3 Å². The van der Waals surface area contributed by atoms with Crippen LogP contribution in [0.5, 0.6) is 5.75 Å². The molecule has 86 valence electrons. The second-order valence-corrected chi connectivity index (χ2v) is 2.86. The Balaban J connectivity index is 3.24. The van der Waals surface area contributed by atoms with Gasteiger partial charge in [0.25, 0.3) is 5.69 Å². The summed E-state index contributed by atoms with van der Waals surface area (Å²) >= 11 is 0. The predicted molar refractivity (Wildman–Crippen MR) is 56.8 cm³/mol. The molecular formula is C9H11N3O4. The number of nitrogens with two attached hydrogens (primary N) is 1. The molecule has 0 aliphatic heterocycles. The zero-order chi connectivity index (χ0) is 12.1. The molecule has 3 N–H and O–H groups in total. The summed E-state index contributed by atoms with van der Waals surface area (Å²) in [4.78, 5) is 10.0. The lowest BCUT2D eigenvalue weighted by molar-refractivity contribution is -0.384. The first-order chi connectivity index (χ1) is 7.60. The highest BCUT2D eigenvalue weighted by molar-refractivity contribution is 5.99. The maximum absolute atomic E-state index is 10.5. The van der Waals surface area contributed by atoms with Crippen LogP contribution in [0.4, 0.5) is 5.69 Å². The van der Waals surface area contributed by atoms with E-state index in [1.54, 1.807) is 6.92 Å². The van der Waals surface area contributed by atoms with Crippen LogP contribution in [0, 0.1) is 10.1 Å². The third-order valence-electron chi connectivity index (χ3n) is 1.86. The first-order valence-electron chi connectivity index (χ1n) is 4.49. The van der Waals surface area contributed by atoms with Crippen LogP contribution in [0.15, 0.2) is 23.4 Å². The van der Waals surface area contributed by atoms with Gasteiger partial charge in [0, 0.05) is 6.07 Å². The number of nitrogens with zero attached hydrogens (tertiary/aromatic N) is 2. The van der Waals surface area contributed by atoms with Crippen molar-refractivity contribution in [1.29, 1.82) is 0 Å². The van der Waals surface area contributed by atoms with Crippen LogP contribution in [-0.4, -0.2) is 22.6 Å². The Kier molecular flexibility index (Phi) is 3.65. The Labute approximate surface area is 91.3 Å². The summed E-state index contributed by atoms with van der Waals surface area (Å²) in [5, 5.41) is 21.9. The summed E-state index contributed by atoms with van der Waals surface area (Å²) in [6, 6.07) is 3.87. The molecule has 1 aromatic rings. The van der Waals surface area contributed by atoms with E-state index < -0.39 is 4.92 Å². The maximum Gasteiger partial charge on any atom is 0.273 e. The van der Waals surface area contributed by atoms with Crippen molar-refractivity contribution in [3.05, 3.63) is 33.9 Å². The van der Waals surface area contributed by atoms with Crippen LogP contribution in [-0.2, 0) is 0 Å². The van der Waals surface area contributed by atoms with Crippen LogP contribution >= 0.6 is 0 Å². The zero-order valence-corrected chi connectivity index (χ0v) is 8.58. The molecule has 0 spiro atoms. The van der Waals surface area contributed by atoms with Crippen LogP contribution in [0.25, 0.3) is 0 Å². The number of nitro groups is 1. The number of oxime groups is 1. The molecule has 0 unspecified atom stereocenters. The van der Waals surface area contributed by atoms with E-state index in [9.17, 15) is 10.1 Å². The fourth-order valence-corrected chi connectivity index (χ4v) is 1.16. The van der Waals surface area contributed by atoms with Gasteiger partial charge in [-0.3, -0.25) is 10.1 Å². The SMILES string of the molecule is CCOc1cc([N+](=O)[O-])ccc1C(N)=NO. The van der Waals surface area contributed by atoms with Gasteiger partial charge in [0.05, 0.1) is 23.2 Å². The average molecular weight is 225 g/mol. The van der Waals surface area contributed by atoms with E-state index in [0.29, 0.717) is 12.2 Å². The summed E-state index contributed by atoms with van der Waals surface area (Å²) in [7, 11) is 0. The van der Waals surface area contributed by atoms with Gasteiger partial charge in [-0.05, 0) is 13.0 Å². The molecule has 0 radical (unpaired) electrons. The molecule has 7 nitrogen and oxygen atoms in total.